The van der Waals surface area contributed by atoms with Gasteiger partial charge >= 0.3 is 5.97 Å². The highest BCUT2D eigenvalue weighted by Crippen LogP contribution is 2.39. The van der Waals surface area contributed by atoms with E-state index in [2.05, 4.69) is 4.99 Å². The molecule has 37 heavy (non-hydrogen) atoms. The van der Waals surface area contributed by atoms with E-state index in [9.17, 15) is 19.5 Å². The normalized spacial score (nSPS) is 23.6. The molecule has 3 heterocycles. The Bertz CT molecular complexity index is 1250. The minimum Gasteiger partial charge on any atom is -0.497 e. The van der Waals surface area contributed by atoms with Crippen LogP contribution >= 0.6 is 11.8 Å². The van der Waals surface area contributed by atoms with Gasteiger partial charge in [0.1, 0.15) is 17.0 Å². The molecule has 3 aliphatic rings. The maximum absolute atomic E-state index is 13.0. The number of thioether (sulfide) groups is 1. The highest BCUT2D eigenvalue weighted by molar-refractivity contribution is 8.15. The molecule has 5 rings (SSSR count). The maximum atomic E-state index is 13.0. The van der Waals surface area contributed by atoms with Crippen molar-refractivity contribution in [3.8, 4) is 5.75 Å². The van der Waals surface area contributed by atoms with Crippen molar-refractivity contribution >= 4 is 40.4 Å². The van der Waals surface area contributed by atoms with Crippen LogP contribution < -0.4 is 4.74 Å². The lowest BCUT2D eigenvalue weighted by molar-refractivity contribution is -0.152. The molecule has 192 valence electrons. The summed E-state index contributed by atoms with van der Waals surface area (Å²) in [4.78, 5) is 43.2. The number of likely N-dealkylation sites (tertiary alicyclic amines) is 1. The molecule has 0 spiro atoms. The lowest BCUT2D eigenvalue weighted by Gasteiger charge is -2.33. The minimum absolute atomic E-state index is 0.0842. The molecule has 1 saturated heterocycles. The quantitative estimate of drug-likeness (QED) is 0.618. The van der Waals surface area contributed by atoms with Crippen molar-refractivity contribution in [2.45, 2.75) is 49.4 Å². The Hall–Kier alpha value is -3.66. The molecule has 1 N–H and O–H groups in total. The number of rotatable bonds is 6. The number of amidine groups is 1. The van der Waals surface area contributed by atoms with Crippen LogP contribution in [0.2, 0.25) is 0 Å². The van der Waals surface area contributed by atoms with E-state index >= 15 is 0 Å². The predicted molar refractivity (Wildman–Crippen MR) is 141 cm³/mol. The topological polar surface area (TPSA) is 112 Å². The summed E-state index contributed by atoms with van der Waals surface area (Å²) < 4.78 is 5.27. The Morgan fingerprint density at radius 3 is 2.57 bits per heavy atom. The zero-order valence-electron chi connectivity index (χ0n) is 20.4. The first kappa shape index (κ1) is 25.0. The smallest absolute Gasteiger partial charge is 0.326 e. The Kier molecular flexibility index (Phi) is 7.27. The van der Waals surface area contributed by atoms with Crippen LogP contribution in [-0.4, -0.2) is 68.6 Å². The number of carbonyl (C=O) groups excluding carboxylic acids is 2. The second kappa shape index (κ2) is 10.8. The third-order valence-corrected chi connectivity index (χ3v) is 8.05. The highest BCUT2D eigenvalue weighted by atomic mass is 32.2. The molecular formula is C27H28N4O5S. The Labute approximate surface area is 219 Å². The van der Waals surface area contributed by atoms with Crippen molar-refractivity contribution in [3.63, 3.8) is 0 Å². The number of nitrogens with zero attached hydrogens (tertiary/aromatic N) is 4. The summed E-state index contributed by atoms with van der Waals surface area (Å²) in [5.41, 5.74) is 2.86. The third-order valence-electron chi connectivity index (χ3n) is 6.91. The van der Waals surface area contributed by atoms with Crippen LogP contribution in [0, 0.1) is 0 Å². The second-order valence-corrected chi connectivity index (χ2v) is 10.4. The summed E-state index contributed by atoms with van der Waals surface area (Å²) in [6.07, 6.45) is 2.51. The van der Waals surface area contributed by atoms with Gasteiger partial charge in [-0.3, -0.25) is 9.59 Å². The fraction of sp³-hybridized carbons (Fsp3) is 0.370. The van der Waals surface area contributed by atoms with E-state index in [1.807, 2.05) is 54.6 Å². The SMILES string of the molecule is COc1ccc(C2=NN(C3=NC(=O)[C@H](CC(=O)N4CCCC[C@@H]4C(=O)O)S3)[C@H](c3ccccc3)C2)cc1. The number of benzene rings is 2. The van der Waals surface area contributed by atoms with E-state index < -0.39 is 23.2 Å². The van der Waals surface area contributed by atoms with E-state index in [1.165, 1.54) is 16.7 Å². The fourth-order valence-electron chi connectivity index (χ4n) is 4.95. The number of carboxylic acids is 1. The molecule has 2 aromatic rings. The van der Waals surface area contributed by atoms with Crippen LogP contribution in [0.1, 0.15) is 49.3 Å². The molecule has 9 nitrogen and oxygen atoms in total. The van der Waals surface area contributed by atoms with Gasteiger partial charge in [0.05, 0.1) is 18.9 Å². The standard InChI is InChI=1S/C27H28N4O5S/c1-36-19-12-10-17(11-13-19)20-15-22(18-7-3-2-4-8-18)31(29-20)27-28-25(33)23(37-27)16-24(32)30-14-6-5-9-21(30)26(34)35/h2-4,7-8,10-13,21-23H,5-6,9,14-16H2,1H3,(H,34,35)/t21-,22+,23+/m1/s1. The first-order valence-corrected chi connectivity index (χ1v) is 13.2. The summed E-state index contributed by atoms with van der Waals surface area (Å²) in [5, 5.41) is 15.9. The second-order valence-electron chi connectivity index (χ2n) is 9.23. The zero-order valence-corrected chi connectivity index (χ0v) is 21.3. The van der Waals surface area contributed by atoms with Gasteiger partial charge in [-0.15, -0.1) is 0 Å². The molecule has 0 aromatic heterocycles. The van der Waals surface area contributed by atoms with Crippen molar-refractivity contribution in [1.29, 1.82) is 0 Å². The van der Waals surface area contributed by atoms with Crippen LogP contribution in [0.15, 0.2) is 64.7 Å². The fourth-order valence-corrected chi connectivity index (χ4v) is 6.00. The van der Waals surface area contributed by atoms with E-state index in [-0.39, 0.29) is 18.4 Å². The summed E-state index contributed by atoms with van der Waals surface area (Å²) in [6, 6.07) is 16.6. The third kappa shape index (κ3) is 5.24. The number of aliphatic carboxylic acids is 1. The first-order chi connectivity index (χ1) is 17.9. The Morgan fingerprint density at radius 2 is 1.86 bits per heavy atom. The number of carboxylic acid groups (broad SMARTS) is 1. The molecule has 1 fully saturated rings. The van der Waals surface area contributed by atoms with Gasteiger partial charge in [0, 0.05) is 19.4 Å². The summed E-state index contributed by atoms with van der Waals surface area (Å²) in [6.45, 7) is 0.396. The van der Waals surface area contributed by atoms with Crippen LogP contribution in [0.3, 0.4) is 0 Å². The molecule has 10 heteroatoms. The van der Waals surface area contributed by atoms with E-state index in [0.717, 1.165) is 35.4 Å². The van der Waals surface area contributed by atoms with Gasteiger partial charge in [-0.2, -0.15) is 10.1 Å². The number of carbonyl (C=O) groups is 3. The number of hydrogen-bond donors (Lipinski definition) is 1. The zero-order chi connectivity index (χ0) is 25.9. The average Bonchev–Trinajstić information content (AvgIpc) is 3.53. The molecule has 0 saturated carbocycles. The van der Waals surface area contributed by atoms with E-state index in [4.69, 9.17) is 9.84 Å². The monoisotopic (exact) mass is 520 g/mol. The minimum atomic E-state index is -1.00. The van der Waals surface area contributed by atoms with Crippen molar-refractivity contribution < 1.29 is 24.2 Å². The molecule has 0 bridgehead atoms. The van der Waals surface area contributed by atoms with Gasteiger partial charge < -0.3 is 14.7 Å². The van der Waals surface area contributed by atoms with Gasteiger partial charge in [-0.1, -0.05) is 42.1 Å². The number of hydrogen-bond acceptors (Lipinski definition) is 7. The highest BCUT2D eigenvalue weighted by Gasteiger charge is 2.41. The molecule has 2 aromatic carbocycles. The molecular weight excluding hydrogens is 492 g/mol. The molecule has 3 atom stereocenters. The molecule has 0 unspecified atom stereocenters. The number of amides is 2. The average molecular weight is 521 g/mol. The lowest BCUT2D eigenvalue weighted by Crippen LogP contribution is -2.48. The molecule has 0 aliphatic carbocycles. The Morgan fingerprint density at radius 1 is 1.11 bits per heavy atom. The lowest BCUT2D eigenvalue weighted by atomic mass is 9.98. The van der Waals surface area contributed by atoms with Crippen molar-refractivity contribution in [3.05, 3.63) is 65.7 Å². The number of piperidine rings is 1. The van der Waals surface area contributed by atoms with Crippen molar-refractivity contribution in [2.24, 2.45) is 10.1 Å². The van der Waals surface area contributed by atoms with Crippen LogP contribution in [0.5, 0.6) is 5.75 Å². The number of aliphatic imine (C=N–C) groups is 1. The maximum Gasteiger partial charge on any atom is 0.326 e. The van der Waals surface area contributed by atoms with Crippen molar-refractivity contribution in [2.75, 3.05) is 13.7 Å². The van der Waals surface area contributed by atoms with E-state index in [0.29, 0.717) is 24.6 Å². The molecule has 0 radical (unpaired) electrons. The van der Waals surface area contributed by atoms with Gasteiger partial charge in [-0.05, 0) is 54.7 Å². The van der Waals surface area contributed by atoms with Gasteiger partial charge in [0.2, 0.25) is 5.91 Å². The van der Waals surface area contributed by atoms with E-state index in [1.54, 1.807) is 12.1 Å². The Balaban J connectivity index is 1.35. The summed E-state index contributed by atoms with van der Waals surface area (Å²) in [7, 11) is 1.62. The molecule has 3 aliphatic heterocycles. The number of methoxy groups -OCH3 is 1. The molecule has 2 amide bonds. The number of hydrazone groups is 1. The van der Waals surface area contributed by atoms with Crippen LogP contribution in [-0.2, 0) is 14.4 Å². The largest absolute Gasteiger partial charge is 0.497 e. The first-order valence-electron chi connectivity index (χ1n) is 12.3. The van der Waals surface area contributed by atoms with Crippen molar-refractivity contribution in [1.82, 2.24) is 9.91 Å². The van der Waals surface area contributed by atoms with Crippen LogP contribution in [0.4, 0.5) is 0 Å². The van der Waals surface area contributed by atoms with Gasteiger partial charge in [0.15, 0.2) is 5.17 Å². The van der Waals surface area contributed by atoms with Gasteiger partial charge in [0.25, 0.3) is 5.91 Å². The summed E-state index contributed by atoms with van der Waals surface area (Å²) >= 11 is 1.22. The summed E-state index contributed by atoms with van der Waals surface area (Å²) in [5.74, 6) is -0.958. The predicted octanol–water partition coefficient (Wildman–Crippen LogP) is 3.70. The number of ether oxygens (including phenoxy) is 1. The van der Waals surface area contributed by atoms with Crippen LogP contribution in [0.25, 0.3) is 0 Å². The van der Waals surface area contributed by atoms with Gasteiger partial charge in [-0.25, -0.2) is 9.80 Å².